The Morgan fingerprint density at radius 1 is 1.15 bits per heavy atom. The van der Waals surface area contributed by atoms with Crippen LogP contribution in [-0.2, 0) is 9.53 Å². The summed E-state index contributed by atoms with van der Waals surface area (Å²) >= 11 is 0. The predicted octanol–water partition coefficient (Wildman–Crippen LogP) is 2.03. The second kappa shape index (κ2) is 31.4. The lowest BCUT2D eigenvalue weighted by Crippen LogP contribution is -1.80. The molecule has 0 unspecified atom stereocenters. The van der Waals surface area contributed by atoms with Crippen LogP contribution in [0.2, 0.25) is 0 Å². The standard InChI is InChI=1S/2C3H5N.C3H6O2/c2*1-3-4-2;1-2-5-3-4/h2*3H2,1H3;3H,2H2,1H3. The van der Waals surface area contributed by atoms with Crippen molar-refractivity contribution in [3.05, 3.63) is 22.8 Å². The summed E-state index contributed by atoms with van der Waals surface area (Å²) in [6.07, 6.45) is 0. The highest BCUT2D eigenvalue weighted by atomic mass is 16.5. The van der Waals surface area contributed by atoms with E-state index in [-0.39, 0.29) is 0 Å². The van der Waals surface area contributed by atoms with Crippen molar-refractivity contribution in [1.82, 2.24) is 0 Å². The van der Waals surface area contributed by atoms with E-state index in [9.17, 15) is 4.79 Å². The van der Waals surface area contributed by atoms with E-state index in [1.807, 2.05) is 13.8 Å². The first kappa shape index (κ1) is 17.5. The summed E-state index contributed by atoms with van der Waals surface area (Å²) in [6.45, 7) is 19.7. The molecule has 0 fully saturated rings. The van der Waals surface area contributed by atoms with Crippen molar-refractivity contribution in [1.29, 1.82) is 0 Å². The van der Waals surface area contributed by atoms with Crippen LogP contribution in [-0.4, -0.2) is 26.2 Å². The van der Waals surface area contributed by atoms with Gasteiger partial charge in [-0.05, 0) is 6.92 Å². The van der Waals surface area contributed by atoms with Gasteiger partial charge in [0.25, 0.3) is 6.47 Å². The topological polar surface area (TPSA) is 35.0 Å². The summed E-state index contributed by atoms with van der Waals surface area (Å²) in [5, 5.41) is 0. The van der Waals surface area contributed by atoms with Gasteiger partial charge in [-0.25, -0.2) is 13.1 Å². The van der Waals surface area contributed by atoms with E-state index in [4.69, 9.17) is 13.1 Å². The van der Waals surface area contributed by atoms with Crippen LogP contribution in [0, 0.1) is 13.1 Å². The Labute approximate surface area is 80.2 Å². The lowest BCUT2D eigenvalue weighted by atomic mass is 10.8. The van der Waals surface area contributed by atoms with Crippen LogP contribution in [0.4, 0.5) is 0 Å². The molecule has 4 nitrogen and oxygen atoms in total. The van der Waals surface area contributed by atoms with Crippen LogP contribution in [0.15, 0.2) is 0 Å². The molecule has 0 saturated carbocycles. The van der Waals surface area contributed by atoms with Crippen LogP contribution in [0.1, 0.15) is 20.8 Å². The number of ether oxygens (including phenoxy) is 1. The van der Waals surface area contributed by atoms with E-state index in [1.54, 1.807) is 6.92 Å². The highest BCUT2D eigenvalue weighted by Gasteiger charge is 1.60. The number of carbonyl (C=O) groups is 1. The quantitative estimate of drug-likeness (QED) is 0.486. The molecule has 0 heterocycles. The number of carbonyl (C=O) groups excluding carboxylic acids is 1. The Kier molecular flexibility index (Phi) is 42.3. The first-order valence-corrected chi connectivity index (χ1v) is 3.96. The van der Waals surface area contributed by atoms with Gasteiger partial charge in [0.1, 0.15) is 0 Å². The zero-order valence-electron chi connectivity index (χ0n) is 8.41. The number of rotatable bonds is 2. The summed E-state index contributed by atoms with van der Waals surface area (Å²) in [6, 6.07) is 0. The van der Waals surface area contributed by atoms with Crippen molar-refractivity contribution in [3.8, 4) is 0 Å². The largest absolute Gasteiger partial charge is 0.468 e. The molecule has 0 aliphatic carbocycles. The molecule has 0 saturated heterocycles. The molecule has 74 valence electrons. The fourth-order valence-corrected chi connectivity index (χ4v) is 0.0680. The van der Waals surface area contributed by atoms with Gasteiger partial charge in [0.05, 0.1) is 6.61 Å². The average Bonchev–Trinajstić information content (AvgIpc) is 2.20. The Morgan fingerprint density at radius 2 is 1.46 bits per heavy atom. The lowest BCUT2D eigenvalue weighted by molar-refractivity contribution is -0.128. The second-order valence-electron chi connectivity index (χ2n) is 1.50. The van der Waals surface area contributed by atoms with E-state index in [0.717, 1.165) is 0 Å². The molecule has 0 aliphatic rings. The predicted molar refractivity (Wildman–Crippen MR) is 52.0 cm³/mol. The first-order valence-electron chi connectivity index (χ1n) is 3.96. The van der Waals surface area contributed by atoms with Crippen LogP contribution in [0.5, 0.6) is 0 Å². The number of nitrogens with zero attached hydrogens (tertiary/aromatic N) is 2. The summed E-state index contributed by atoms with van der Waals surface area (Å²) < 4.78 is 4.15. The minimum atomic E-state index is 0.431. The normalized spacial score (nSPS) is 5.62. The van der Waals surface area contributed by atoms with Crippen LogP contribution >= 0.6 is 0 Å². The van der Waals surface area contributed by atoms with E-state index in [0.29, 0.717) is 26.2 Å². The van der Waals surface area contributed by atoms with Gasteiger partial charge in [-0.15, -0.1) is 0 Å². The van der Waals surface area contributed by atoms with E-state index >= 15 is 0 Å². The molecule has 0 aromatic carbocycles. The SMILES string of the molecule is CCOC=O.[C-]#[N+]CC.[C-]#[N+]CC. The van der Waals surface area contributed by atoms with Crippen molar-refractivity contribution >= 4 is 6.47 Å². The van der Waals surface area contributed by atoms with Crippen molar-refractivity contribution in [2.45, 2.75) is 20.8 Å². The highest BCUT2D eigenvalue weighted by molar-refractivity contribution is 5.36. The van der Waals surface area contributed by atoms with Crippen molar-refractivity contribution in [3.63, 3.8) is 0 Å². The summed E-state index contributed by atoms with van der Waals surface area (Å²) in [4.78, 5) is 15.2. The zero-order valence-corrected chi connectivity index (χ0v) is 8.41. The smallest absolute Gasteiger partial charge is 0.293 e. The van der Waals surface area contributed by atoms with Gasteiger partial charge in [0.15, 0.2) is 0 Å². The van der Waals surface area contributed by atoms with Gasteiger partial charge < -0.3 is 14.4 Å². The lowest BCUT2D eigenvalue weighted by Gasteiger charge is -1.79. The Bertz CT molecular complexity index is 142. The number of hydrogen-bond donors (Lipinski definition) is 0. The van der Waals surface area contributed by atoms with Crippen LogP contribution in [0.3, 0.4) is 0 Å². The molecule has 0 aromatic rings. The molecule has 0 rings (SSSR count). The van der Waals surface area contributed by atoms with Gasteiger partial charge in [0, 0.05) is 13.8 Å². The maximum absolute atomic E-state index is 9.18. The molecule has 0 aliphatic heterocycles. The molecular weight excluding hydrogens is 168 g/mol. The summed E-state index contributed by atoms with van der Waals surface area (Å²) in [7, 11) is 0. The van der Waals surface area contributed by atoms with Gasteiger partial charge in [-0.2, -0.15) is 0 Å². The molecule has 0 spiro atoms. The van der Waals surface area contributed by atoms with E-state index in [1.165, 1.54) is 0 Å². The van der Waals surface area contributed by atoms with Gasteiger partial charge in [-0.3, -0.25) is 4.79 Å². The second-order valence-corrected chi connectivity index (χ2v) is 1.50. The zero-order chi connectivity index (χ0) is 10.9. The van der Waals surface area contributed by atoms with Gasteiger partial charge in [0.2, 0.25) is 13.1 Å². The fraction of sp³-hybridized carbons (Fsp3) is 0.667. The monoisotopic (exact) mass is 184 g/mol. The third-order valence-corrected chi connectivity index (χ3v) is 0.551. The molecule has 0 atom stereocenters. The van der Waals surface area contributed by atoms with E-state index in [2.05, 4.69) is 14.4 Å². The highest BCUT2D eigenvalue weighted by Crippen LogP contribution is 1.55. The first-order chi connectivity index (χ1) is 6.24. The molecule has 0 radical (unpaired) electrons. The molecule has 0 N–H and O–H groups in total. The molecule has 0 bridgehead atoms. The maximum Gasteiger partial charge on any atom is 0.293 e. The Hall–Kier alpha value is -1.55. The van der Waals surface area contributed by atoms with Crippen molar-refractivity contribution in [2.75, 3.05) is 19.7 Å². The molecule has 0 aromatic heterocycles. The summed E-state index contributed by atoms with van der Waals surface area (Å²) in [5.41, 5.74) is 0. The summed E-state index contributed by atoms with van der Waals surface area (Å²) in [5.74, 6) is 0. The minimum Gasteiger partial charge on any atom is -0.468 e. The molecular formula is C9H16N2O2. The van der Waals surface area contributed by atoms with E-state index < -0.39 is 0 Å². The minimum absolute atomic E-state index is 0.431. The average molecular weight is 184 g/mol. The molecule has 13 heavy (non-hydrogen) atoms. The van der Waals surface area contributed by atoms with Crippen molar-refractivity contribution < 1.29 is 9.53 Å². The molecule has 0 amide bonds. The number of hydrogen-bond acceptors (Lipinski definition) is 2. The van der Waals surface area contributed by atoms with Gasteiger partial charge >= 0.3 is 0 Å². The Morgan fingerprint density at radius 3 is 1.46 bits per heavy atom. The maximum atomic E-state index is 9.18. The third kappa shape index (κ3) is 124. The van der Waals surface area contributed by atoms with Crippen LogP contribution in [0.25, 0.3) is 9.69 Å². The van der Waals surface area contributed by atoms with Gasteiger partial charge in [-0.1, -0.05) is 0 Å². The van der Waals surface area contributed by atoms with Crippen LogP contribution < -0.4 is 0 Å². The van der Waals surface area contributed by atoms with Crippen molar-refractivity contribution in [2.24, 2.45) is 0 Å². The third-order valence-electron chi connectivity index (χ3n) is 0.551. The Balaban J connectivity index is -0.000000117. The fourth-order valence-electron chi connectivity index (χ4n) is 0.0680. The molecule has 4 heteroatoms.